The summed E-state index contributed by atoms with van der Waals surface area (Å²) in [6.07, 6.45) is -0.915. The van der Waals surface area contributed by atoms with Gasteiger partial charge in [-0.25, -0.2) is 4.79 Å². The second-order valence-electron chi connectivity index (χ2n) is 4.45. The monoisotopic (exact) mass is 306 g/mol. The Hall–Kier alpha value is -2.20. The van der Waals surface area contributed by atoms with Crippen LogP contribution in [0.2, 0.25) is 5.02 Å². The standard InChI is InChI=1S/C16H15ClO4/c1-11(16(18)19)21-15-5-3-2-4-12(15)10-20-14-8-6-13(17)7-9-14/h2-9,11H,10H2,1H3,(H,18,19). The second-order valence-corrected chi connectivity index (χ2v) is 4.89. The first-order valence-electron chi connectivity index (χ1n) is 6.42. The number of carboxylic acid groups (broad SMARTS) is 1. The molecule has 0 radical (unpaired) electrons. The zero-order valence-electron chi connectivity index (χ0n) is 11.5. The Morgan fingerprint density at radius 3 is 2.52 bits per heavy atom. The van der Waals surface area contributed by atoms with E-state index in [4.69, 9.17) is 26.2 Å². The maximum Gasteiger partial charge on any atom is 0.344 e. The SMILES string of the molecule is CC(Oc1ccccc1COc1ccc(Cl)cc1)C(=O)O. The van der Waals surface area contributed by atoms with Crippen LogP contribution in [0.1, 0.15) is 12.5 Å². The summed E-state index contributed by atoms with van der Waals surface area (Å²) in [5.74, 6) is 0.172. The Morgan fingerprint density at radius 1 is 1.19 bits per heavy atom. The normalized spacial score (nSPS) is 11.7. The highest BCUT2D eigenvalue weighted by Gasteiger charge is 2.14. The number of carboxylic acids is 1. The van der Waals surface area contributed by atoms with Gasteiger partial charge in [-0.15, -0.1) is 0 Å². The summed E-state index contributed by atoms with van der Waals surface area (Å²) < 4.78 is 11.1. The van der Waals surface area contributed by atoms with Gasteiger partial charge in [0.15, 0.2) is 6.10 Å². The van der Waals surface area contributed by atoms with Crippen molar-refractivity contribution in [2.75, 3.05) is 0 Å². The summed E-state index contributed by atoms with van der Waals surface area (Å²) in [4.78, 5) is 10.9. The lowest BCUT2D eigenvalue weighted by Gasteiger charge is -2.15. The van der Waals surface area contributed by atoms with Crippen molar-refractivity contribution in [3.05, 3.63) is 59.1 Å². The van der Waals surface area contributed by atoms with Gasteiger partial charge in [0.2, 0.25) is 0 Å². The number of rotatable bonds is 6. The van der Waals surface area contributed by atoms with Crippen molar-refractivity contribution in [2.24, 2.45) is 0 Å². The summed E-state index contributed by atoms with van der Waals surface area (Å²) >= 11 is 5.81. The molecule has 1 unspecified atom stereocenters. The van der Waals surface area contributed by atoms with E-state index in [9.17, 15) is 4.79 Å². The Labute approximate surface area is 127 Å². The minimum absolute atomic E-state index is 0.282. The molecule has 0 aliphatic heterocycles. The van der Waals surface area contributed by atoms with Crippen molar-refractivity contribution in [2.45, 2.75) is 19.6 Å². The minimum Gasteiger partial charge on any atom is -0.489 e. The molecule has 0 heterocycles. The highest BCUT2D eigenvalue weighted by atomic mass is 35.5. The lowest BCUT2D eigenvalue weighted by Crippen LogP contribution is -2.23. The van der Waals surface area contributed by atoms with Crippen molar-refractivity contribution in [1.82, 2.24) is 0 Å². The van der Waals surface area contributed by atoms with Crippen LogP contribution in [0.15, 0.2) is 48.5 Å². The maximum atomic E-state index is 10.9. The molecule has 1 atom stereocenters. The highest BCUT2D eigenvalue weighted by molar-refractivity contribution is 6.30. The molecule has 0 bridgehead atoms. The number of hydrogen-bond donors (Lipinski definition) is 1. The van der Waals surface area contributed by atoms with E-state index >= 15 is 0 Å². The molecule has 21 heavy (non-hydrogen) atoms. The Bertz CT molecular complexity index is 610. The van der Waals surface area contributed by atoms with Crippen molar-refractivity contribution < 1.29 is 19.4 Å². The molecule has 0 saturated carbocycles. The van der Waals surface area contributed by atoms with E-state index in [2.05, 4.69) is 0 Å². The summed E-state index contributed by atoms with van der Waals surface area (Å²) in [5.41, 5.74) is 0.778. The summed E-state index contributed by atoms with van der Waals surface area (Å²) in [6, 6.07) is 14.2. The molecule has 2 aromatic carbocycles. The zero-order valence-corrected chi connectivity index (χ0v) is 12.2. The molecule has 4 nitrogen and oxygen atoms in total. The third-order valence-electron chi connectivity index (χ3n) is 2.83. The summed E-state index contributed by atoms with van der Waals surface area (Å²) in [5, 5.41) is 9.54. The molecule has 110 valence electrons. The van der Waals surface area contributed by atoms with Gasteiger partial charge in [-0.05, 0) is 37.3 Å². The van der Waals surface area contributed by atoms with E-state index in [1.807, 2.05) is 12.1 Å². The number of carbonyl (C=O) groups is 1. The van der Waals surface area contributed by atoms with Gasteiger partial charge in [-0.1, -0.05) is 29.8 Å². The number of ether oxygens (including phenoxy) is 2. The smallest absolute Gasteiger partial charge is 0.344 e. The predicted molar refractivity (Wildman–Crippen MR) is 80.0 cm³/mol. The molecular formula is C16H15ClO4. The maximum absolute atomic E-state index is 10.9. The van der Waals surface area contributed by atoms with Gasteiger partial charge in [0, 0.05) is 10.6 Å². The lowest BCUT2D eigenvalue weighted by molar-refractivity contribution is -0.144. The summed E-state index contributed by atoms with van der Waals surface area (Å²) in [6.45, 7) is 1.77. The van der Waals surface area contributed by atoms with Crippen molar-refractivity contribution in [3.8, 4) is 11.5 Å². The molecule has 2 aromatic rings. The van der Waals surface area contributed by atoms with Gasteiger partial charge in [0.05, 0.1) is 0 Å². The van der Waals surface area contributed by atoms with Gasteiger partial charge in [-0.2, -0.15) is 0 Å². The Balaban J connectivity index is 2.06. The fraction of sp³-hybridized carbons (Fsp3) is 0.188. The average molecular weight is 307 g/mol. The van der Waals surface area contributed by atoms with Crippen molar-refractivity contribution >= 4 is 17.6 Å². The number of para-hydroxylation sites is 1. The first kappa shape index (κ1) is 15.2. The molecule has 0 amide bonds. The molecule has 1 N–H and O–H groups in total. The molecule has 0 aliphatic rings. The molecule has 2 rings (SSSR count). The van der Waals surface area contributed by atoms with Gasteiger partial charge < -0.3 is 14.6 Å². The average Bonchev–Trinajstić information content (AvgIpc) is 2.48. The number of hydrogen-bond acceptors (Lipinski definition) is 3. The molecule has 0 fully saturated rings. The molecular weight excluding hydrogens is 292 g/mol. The van der Waals surface area contributed by atoms with Crippen LogP contribution in [0.4, 0.5) is 0 Å². The van der Waals surface area contributed by atoms with Crippen LogP contribution in [0, 0.1) is 0 Å². The number of halogens is 1. The minimum atomic E-state index is -1.01. The van der Waals surface area contributed by atoms with Gasteiger partial charge in [0.25, 0.3) is 0 Å². The molecule has 0 aliphatic carbocycles. The Kier molecular flexibility index (Phi) is 5.06. The van der Waals surface area contributed by atoms with E-state index in [0.717, 1.165) is 5.56 Å². The first-order valence-corrected chi connectivity index (χ1v) is 6.80. The van der Waals surface area contributed by atoms with E-state index in [1.54, 1.807) is 36.4 Å². The topological polar surface area (TPSA) is 55.8 Å². The lowest BCUT2D eigenvalue weighted by atomic mass is 10.2. The predicted octanol–water partition coefficient (Wildman–Crippen LogP) is 3.77. The number of benzene rings is 2. The third-order valence-corrected chi connectivity index (χ3v) is 3.08. The zero-order chi connectivity index (χ0) is 15.2. The molecule has 0 spiro atoms. The van der Waals surface area contributed by atoms with E-state index in [1.165, 1.54) is 6.92 Å². The number of aliphatic carboxylic acids is 1. The van der Waals surface area contributed by atoms with Gasteiger partial charge in [-0.3, -0.25) is 0 Å². The molecule has 0 saturated heterocycles. The fourth-order valence-corrected chi connectivity index (χ4v) is 1.80. The van der Waals surface area contributed by atoms with Crippen LogP contribution in [-0.4, -0.2) is 17.2 Å². The van der Waals surface area contributed by atoms with E-state index < -0.39 is 12.1 Å². The Morgan fingerprint density at radius 2 is 1.86 bits per heavy atom. The van der Waals surface area contributed by atoms with Crippen molar-refractivity contribution in [1.29, 1.82) is 0 Å². The van der Waals surface area contributed by atoms with Crippen LogP contribution in [0.3, 0.4) is 0 Å². The molecule has 5 heteroatoms. The largest absolute Gasteiger partial charge is 0.489 e. The highest BCUT2D eigenvalue weighted by Crippen LogP contribution is 2.22. The second kappa shape index (κ2) is 6.99. The van der Waals surface area contributed by atoms with Crippen LogP contribution in [0.25, 0.3) is 0 Å². The van der Waals surface area contributed by atoms with Gasteiger partial charge >= 0.3 is 5.97 Å². The van der Waals surface area contributed by atoms with Crippen LogP contribution in [-0.2, 0) is 11.4 Å². The van der Waals surface area contributed by atoms with Crippen molar-refractivity contribution in [3.63, 3.8) is 0 Å². The summed E-state index contributed by atoms with van der Waals surface area (Å²) in [7, 11) is 0. The van der Waals surface area contributed by atoms with E-state index in [-0.39, 0.29) is 6.61 Å². The first-order chi connectivity index (χ1) is 10.1. The quantitative estimate of drug-likeness (QED) is 0.882. The third kappa shape index (κ3) is 4.39. The van der Waals surface area contributed by atoms with Crippen LogP contribution >= 0.6 is 11.6 Å². The molecule has 0 aromatic heterocycles. The van der Waals surface area contributed by atoms with E-state index in [0.29, 0.717) is 16.5 Å². The van der Waals surface area contributed by atoms with Gasteiger partial charge in [0.1, 0.15) is 18.1 Å². The van der Waals surface area contributed by atoms with Crippen LogP contribution in [0.5, 0.6) is 11.5 Å². The van der Waals surface area contributed by atoms with Crippen LogP contribution < -0.4 is 9.47 Å². The fourth-order valence-electron chi connectivity index (χ4n) is 1.67.